The molecule has 0 bridgehead atoms. The van der Waals surface area contributed by atoms with Crippen LogP contribution in [0.5, 0.6) is 5.75 Å². The van der Waals surface area contributed by atoms with Crippen molar-refractivity contribution in [2.45, 2.75) is 26.4 Å². The van der Waals surface area contributed by atoms with Gasteiger partial charge in [0.15, 0.2) is 5.65 Å². The fourth-order valence-corrected chi connectivity index (χ4v) is 3.44. The molecular formula is C19H23N4O7P. The molecule has 2 aromatic heterocycles. The van der Waals surface area contributed by atoms with Gasteiger partial charge in [-0.25, -0.2) is 14.3 Å². The highest BCUT2D eigenvalue weighted by molar-refractivity contribution is 7.46. The number of rotatable bonds is 9. The lowest BCUT2D eigenvalue weighted by atomic mass is 10.2. The van der Waals surface area contributed by atoms with Gasteiger partial charge in [0.2, 0.25) is 0 Å². The van der Waals surface area contributed by atoms with Crippen molar-refractivity contribution in [3.05, 3.63) is 56.5 Å². The number of H-pyrrole nitrogens is 1. The summed E-state index contributed by atoms with van der Waals surface area (Å²) in [5.41, 5.74) is 0.159. The van der Waals surface area contributed by atoms with Crippen LogP contribution >= 0.6 is 7.82 Å². The molecule has 3 rings (SSSR count). The van der Waals surface area contributed by atoms with Crippen LogP contribution in [0.25, 0.3) is 23.3 Å². The molecule has 11 nitrogen and oxygen atoms in total. The maximum atomic E-state index is 12.7. The van der Waals surface area contributed by atoms with Gasteiger partial charge in [0.25, 0.3) is 5.56 Å². The molecule has 0 aliphatic rings. The number of ether oxygens (including phenoxy) is 1. The summed E-state index contributed by atoms with van der Waals surface area (Å²) in [6, 6.07) is 7.37. The highest BCUT2D eigenvalue weighted by Crippen LogP contribution is 2.35. The second kappa shape index (κ2) is 9.44. The maximum Gasteiger partial charge on any atom is 0.469 e. The molecule has 0 saturated heterocycles. The summed E-state index contributed by atoms with van der Waals surface area (Å²) in [5, 5.41) is 0. The van der Waals surface area contributed by atoms with Gasteiger partial charge in [-0.05, 0) is 37.1 Å². The molecule has 0 atom stereocenters. The third-order valence-corrected chi connectivity index (χ3v) is 5.03. The first-order chi connectivity index (χ1) is 14.7. The lowest BCUT2D eigenvalue weighted by Crippen LogP contribution is -2.39. The predicted octanol–water partition coefficient (Wildman–Crippen LogP) is 1.58. The minimum Gasteiger partial charge on any atom is -0.497 e. The normalized spacial score (nSPS) is 12.1. The Hall–Kier alpha value is -2.98. The van der Waals surface area contributed by atoms with Crippen molar-refractivity contribution in [2.24, 2.45) is 0 Å². The number of benzene rings is 1. The van der Waals surface area contributed by atoms with Crippen LogP contribution in [0.4, 0.5) is 0 Å². The zero-order valence-electron chi connectivity index (χ0n) is 17.0. The number of nitrogens with zero attached hydrogens (tertiary/aromatic N) is 3. The highest BCUT2D eigenvalue weighted by atomic mass is 31.2. The largest absolute Gasteiger partial charge is 0.497 e. The zero-order valence-corrected chi connectivity index (χ0v) is 17.9. The van der Waals surface area contributed by atoms with Gasteiger partial charge in [0.1, 0.15) is 17.1 Å². The van der Waals surface area contributed by atoms with Crippen LogP contribution < -0.4 is 16.0 Å². The molecule has 0 fully saturated rings. The lowest BCUT2D eigenvalue weighted by molar-refractivity contribution is 0.192. The second-order valence-electron chi connectivity index (χ2n) is 6.59. The fraction of sp³-hybridized carbons (Fsp3) is 0.316. The number of phosphoric ester groups is 1. The lowest BCUT2D eigenvalue weighted by Gasteiger charge is -2.10. The number of aromatic nitrogens is 4. The van der Waals surface area contributed by atoms with E-state index in [1.54, 1.807) is 26.2 Å². The Labute approximate surface area is 176 Å². The van der Waals surface area contributed by atoms with E-state index in [2.05, 4.69) is 14.5 Å². The SMILES string of the molecule is CCn1c(=O)c2[nH]c(/C=C/c3cccc(OC)c3)nc2n(CCCOP(=O)(O)O)c1=O. The van der Waals surface area contributed by atoms with E-state index in [0.717, 1.165) is 10.1 Å². The van der Waals surface area contributed by atoms with E-state index in [1.807, 2.05) is 24.3 Å². The molecule has 0 spiro atoms. The van der Waals surface area contributed by atoms with E-state index >= 15 is 0 Å². The van der Waals surface area contributed by atoms with E-state index in [0.29, 0.717) is 11.6 Å². The summed E-state index contributed by atoms with van der Waals surface area (Å²) in [4.78, 5) is 50.3. The molecule has 0 aliphatic heterocycles. The molecule has 3 aromatic rings. The number of methoxy groups -OCH3 is 1. The summed E-state index contributed by atoms with van der Waals surface area (Å²) >= 11 is 0. The Kier molecular flexibility index (Phi) is 6.91. The molecule has 31 heavy (non-hydrogen) atoms. The van der Waals surface area contributed by atoms with Crippen molar-refractivity contribution in [1.82, 2.24) is 19.1 Å². The molecule has 0 amide bonds. The van der Waals surface area contributed by atoms with Gasteiger partial charge in [0.05, 0.1) is 13.7 Å². The van der Waals surface area contributed by atoms with Crippen LogP contribution in [0.3, 0.4) is 0 Å². The molecule has 0 aliphatic carbocycles. The van der Waals surface area contributed by atoms with Crippen LogP contribution in [0, 0.1) is 0 Å². The van der Waals surface area contributed by atoms with E-state index < -0.39 is 19.1 Å². The smallest absolute Gasteiger partial charge is 0.469 e. The highest BCUT2D eigenvalue weighted by Gasteiger charge is 2.17. The molecular weight excluding hydrogens is 427 g/mol. The van der Waals surface area contributed by atoms with E-state index in [4.69, 9.17) is 14.5 Å². The number of phosphoric acid groups is 1. The topological polar surface area (TPSA) is 149 Å². The minimum atomic E-state index is -4.59. The Morgan fingerprint density at radius 2 is 2.00 bits per heavy atom. The van der Waals surface area contributed by atoms with Crippen molar-refractivity contribution >= 4 is 31.1 Å². The predicted molar refractivity (Wildman–Crippen MR) is 115 cm³/mol. The zero-order chi connectivity index (χ0) is 22.6. The van der Waals surface area contributed by atoms with E-state index in [-0.39, 0.29) is 37.3 Å². The maximum absolute atomic E-state index is 12.7. The monoisotopic (exact) mass is 450 g/mol. The van der Waals surface area contributed by atoms with Crippen molar-refractivity contribution in [2.75, 3.05) is 13.7 Å². The van der Waals surface area contributed by atoms with Crippen molar-refractivity contribution in [3.63, 3.8) is 0 Å². The number of fused-ring (bicyclic) bond motifs is 1. The first-order valence-corrected chi connectivity index (χ1v) is 11.0. The Balaban J connectivity index is 1.96. The fourth-order valence-electron chi connectivity index (χ4n) is 3.07. The Morgan fingerprint density at radius 1 is 1.23 bits per heavy atom. The van der Waals surface area contributed by atoms with Gasteiger partial charge >= 0.3 is 13.5 Å². The first kappa shape index (κ1) is 22.7. The average Bonchev–Trinajstić information content (AvgIpc) is 3.16. The quantitative estimate of drug-likeness (QED) is 0.329. The average molecular weight is 450 g/mol. The van der Waals surface area contributed by atoms with Gasteiger partial charge in [0, 0.05) is 13.1 Å². The number of hydrogen-bond acceptors (Lipinski definition) is 6. The summed E-state index contributed by atoms with van der Waals surface area (Å²) in [6.07, 6.45) is 3.61. The molecule has 12 heteroatoms. The second-order valence-corrected chi connectivity index (χ2v) is 7.83. The number of aryl methyl sites for hydroxylation is 1. The van der Waals surface area contributed by atoms with Gasteiger partial charge in [-0.3, -0.25) is 18.5 Å². The third-order valence-electron chi connectivity index (χ3n) is 4.51. The van der Waals surface area contributed by atoms with Gasteiger partial charge in [-0.15, -0.1) is 0 Å². The van der Waals surface area contributed by atoms with Crippen molar-refractivity contribution < 1.29 is 23.6 Å². The number of imidazole rings is 1. The van der Waals surface area contributed by atoms with Gasteiger partial charge in [-0.2, -0.15) is 0 Å². The molecule has 0 saturated carbocycles. The van der Waals surface area contributed by atoms with Crippen molar-refractivity contribution in [1.29, 1.82) is 0 Å². The summed E-state index contributed by atoms with van der Waals surface area (Å²) < 4.78 is 22.8. The standard InChI is InChI=1S/C19H23N4O7P/c1-3-22-18(24)16-17(23(19(22)25)10-5-11-30-31(26,27)28)21-15(20-16)9-8-13-6-4-7-14(12-13)29-2/h4,6-9,12H,3,5,10-11H2,1-2H3,(H,20,21)(H2,26,27,28)/b9-8+. The number of hydrogen-bond donors (Lipinski definition) is 3. The summed E-state index contributed by atoms with van der Waals surface area (Å²) in [6.45, 7) is 1.66. The third kappa shape index (κ3) is 5.39. The van der Waals surface area contributed by atoms with Crippen LogP contribution in [-0.2, 0) is 22.2 Å². The van der Waals surface area contributed by atoms with Crippen LogP contribution in [0.1, 0.15) is 24.7 Å². The first-order valence-electron chi connectivity index (χ1n) is 9.49. The molecule has 0 unspecified atom stereocenters. The van der Waals surface area contributed by atoms with Gasteiger partial charge in [-0.1, -0.05) is 18.2 Å². The summed E-state index contributed by atoms with van der Waals surface area (Å²) in [7, 11) is -3.02. The number of nitrogens with one attached hydrogen (secondary N) is 1. The Bertz CT molecular complexity index is 1270. The Morgan fingerprint density at radius 3 is 2.68 bits per heavy atom. The van der Waals surface area contributed by atoms with Gasteiger partial charge < -0.3 is 19.5 Å². The number of aromatic amines is 1. The molecule has 166 valence electrons. The van der Waals surface area contributed by atoms with Crippen LogP contribution in [0.15, 0.2) is 33.9 Å². The molecule has 1 aromatic carbocycles. The minimum absolute atomic E-state index is 0.0690. The van der Waals surface area contributed by atoms with Crippen LogP contribution in [-0.4, -0.2) is 42.6 Å². The summed E-state index contributed by atoms with van der Waals surface area (Å²) in [5.74, 6) is 1.08. The molecule has 3 N–H and O–H groups in total. The molecule has 0 radical (unpaired) electrons. The van der Waals surface area contributed by atoms with Crippen molar-refractivity contribution in [3.8, 4) is 5.75 Å². The van der Waals surface area contributed by atoms with E-state index in [1.165, 1.54) is 4.57 Å². The van der Waals surface area contributed by atoms with Crippen LogP contribution in [0.2, 0.25) is 0 Å². The van der Waals surface area contributed by atoms with E-state index in [9.17, 15) is 14.2 Å². The molecule has 2 heterocycles.